The maximum Gasteiger partial charge on any atom is 0.306 e. The molecule has 0 bridgehead atoms. The van der Waals surface area contributed by atoms with Gasteiger partial charge in [-0.3, -0.25) is 14.9 Å². The van der Waals surface area contributed by atoms with Crippen LogP contribution in [0.3, 0.4) is 0 Å². The van der Waals surface area contributed by atoms with E-state index < -0.39 is 22.3 Å². The summed E-state index contributed by atoms with van der Waals surface area (Å²) in [5, 5.41) is 13.0. The van der Waals surface area contributed by atoms with Gasteiger partial charge < -0.3 is 5.32 Å². The Morgan fingerprint density at radius 1 is 1.35 bits per heavy atom. The molecule has 0 spiro atoms. The fourth-order valence-corrected chi connectivity index (χ4v) is 1.68. The van der Waals surface area contributed by atoms with Gasteiger partial charge in [-0.1, -0.05) is 0 Å². The van der Waals surface area contributed by atoms with Gasteiger partial charge in [-0.15, -0.1) is 0 Å². The summed E-state index contributed by atoms with van der Waals surface area (Å²) in [6, 6.07) is 6.24. The van der Waals surface area contributed by atoms with E-state index in [2.05, 4.69) is 26.2 Å². The minimum absolute atomic E-state index is 0.131. The topological polar surface area (TPSA) is 85.1 Å². The van der Waals surface area contributed by atoms with Crippen LogP contribution in [-0.2, 0) is 0 Å². The maximum atomic E-state index is 13.2. The molecule has 1 amide bonds. The molecule has 1 aromatic carbocycles. The van der Waals surface area contributed by atoms with Gasteiger partial charge >= 0.3 is 5.69 Å². The second-order valence-electron chi connectivity index (χ2n) is 3.75. The maximum absolute atomic E-state index is 13.2. The molecule has 2 rings (SSSR count). The summed E-state index contributed by atoms with van der Waals surface area (Å²) < 4.78 is 13.7. The highest BCUT2D eigenvalue weighted by molar-refractivity contribution is 9.10. The number of rotatable bonds is 3. The number of hydrogen-bond acceptors (Lipinski definition) is 4. The molecule has 0 saturated carbocycles. The fourth-order valence-electron chi connectivity index (χ4n) is 1.44. The van der Waals surface area contributed by atoms with Crippen molar-refractivity contribution in [2.45, 2.75) is 0 Å². The summed E-state index contributed by atoms with van der Waals surface area (Å²) >= 11 is 3.14. The van der Waals surface area contributed by atoms with E-state index in [4.69, 9.17) is 0 Å². The lowest BCUT2D eigenvalue weighted by Gasteiger charge is -2.05. The highest BCUT2D eigenvalue weighted by Crippen LogP contribution is 2.22. The van der Waals surface area contributed by atoms with E-state index in [0.717, 1.165) is 12.1 Å². The third-order valence-corrected chi connectivity index (χ3v) is 2.86. The first-order chi connectivity index (χ1) is 9.47. The number of carbonyl (C=O) groups is 1. The molecule has 0 saturated heterocycles. The fraction of sp³-hybridized carbons (Fsp3) is 0. The van der Waals surface area contributed by atoms with Crippen LogP contribution in [-0.4, -0.2) is 15.8 Å². The summed E-state index contributed by atoms with van der Waals surface area (Å²) in [6.45, 7) is 0. The van der Waals surface area contributed by atoms with Gasteiger partial charge in [-0.05, 0) is 40.2 Å². The lowest BCUT2D eigenvalue weighted by Crippen LogP contribution is -2.12. The van der Waals surface area contributed by atoms with E-state index in [1.165, 1.54) is 18.3 Å². The van der Waals surface area contributed by atoms with Gasteiger partial charge in [0.2, 0.25) is 5.82 Å². The molecule has 8 heteroatoms. The van der Waals surface area contributed by atoms with Crippen molar-refractivity contribution in [2.24, 2.45) is 0 Å². The minimum Gasteiger partial charge on any atom is -0.322 e. The molecule has 102 valence electrons. The number of halogens is 2. The molecular weight excluding hydrogens is 333 g/mol. The largest absolute Gasteiger partial charge is 0.322 e. The van der Waals surface area contributed by atoms with Gasteiger partial charge in [0, 0.05) is 18.0 Å². The molecule has 20 heavy (non-hydrogen) atoms. The number of nitrogens with zero attached hydrogens (tertiary/aromatic N) is 2. The van der Waals surface area contributed by atoms with E-state index in [-0.39, 0.29) is 11.3 Å². The van der Waals surface area contributed by atoms with Gasteiger partial charge in [0.25, 0.3) is 5.91 Å². The quantitative estimate of drug-likeness (QED) is 0.528. The zero-order chi connectivity index (χ0) is 14.7. The Morgan fingerprint density at radius 2 is 2.10 bits per heavy atom. The molecule has 1 heterocycles. The molecule has 1 N–H and O–H groups in total. The molecular formula is C12H7BrFN3O3. The third kappa shape index (κ3) is 3.15. The standard InChI is InChI=1S/C12H7BrFN3O3/c13-11-4-1-7(6-15-11)12(18)16-8-2-3-9(14)10(5-8)17(19)20/h1-6H,(H,16,18). The van der Waals surface area contributed by atoms with Gasteiger partial charge in [0.15, 0.2) is 0 Å². The summed E-state index contributed by atoms with van der Waals surface area (Å²) in [5.74, 6) is -1.45. The number of amides is 1. The lowest BCUT2D eigenvalue weighted by atomic mass is 10.2. The van der Waals surface area contributed by atoms with Crippen molar-refractivity contribution < 1.29 is 14.1 Å². The monoisotopic (exact) mass is 339 g/mol. The van der Waals surface area contributed by atoms with Crippen LogP contribution in [0.1, 0.15) is 10.4 Å². The Hall–Kier alpha value is -2.35. The molecule has 0 unspecified atom stereocenters. The number of nitro groups is 1. The minimum atomic E-state index is -0.960. The normalized spacial score (nSPS) is 10.1. The lowest BCUT2D eigenvalue weighted by molar-refractivity contribution is -0.387. The molecule has 2 aromatic rings. The Bertz CT molecular complexity index is 676. The van der Waals surface area contributed by atoms with Gasteiger partial charge in [-0.2, -0.15) is 4.39 Å². The number of pyridine rings is 1. The van der Waals surface area contributed by atoms with E-state index in [0.29, 0.717) is 4.60 Å². The van der Waals surface area contributed by atoms with Gasteiger partial charge in [0.05, 0.1) is 10.5 Å². The Labute approximate surface area is 120 Å². The van der Waals surface area contributed by atoms with Crippen LogP contribution in [0.15, 0.2) is 41.1 Å². The molecule has 0 fully saturated rings. The van der Waals surface area contributed by atoms with E-state index in [1.54, 1.807) is 6.07 Å². The molecule has 6 nitrogen and oxygen atoms in total. The van der Waals surface area contributed by atoms with Crippen molar-refractivity contribution in [3.05, 3.63) is 62.6 Å². The van der Waals surface area contributed by atoms with Crippen LogP contribution in [0.25, 0.3) is 0 Å². The summed E-state index contributed by atoms with van der Waals surface area (Å²) in [7, 11) is 0. The Balaban J connectivity index is 2.21. The number of hydrogen-bond donors (Lipinski definition) is 1. The highest BCUT2D eigenvalue weighted by Gasteiger charge is 2.15. The van der Waals surface area contributed by atoms with Crippen molar-refractivity contribution in [1.82, 2.24) is 4.98 Å². The van der Waals surface area contributed by atoms with E-state index >= 15 is 0 Å². The number of benzene rings is 1. The van der Waals surface area contributed by atoms with Crippen molar-refractivity contribution in [3.8, 4) is 0 Å². The smallest absolute Gasteiger partial charge is 0.306 e. The van der Waals surface area contributed by atoms with Crippen molar-refractivity contribution in [1.29, 1.82) is 0 Å². The Kier molecular flexibility index (Phi) is 4.04. The van der Waals surface area contributed by atoms with Crippen molar-refractivity contribution in [3.63, 3.8) is 0 Å². The number of nitrogens with one attached hydrogen (secondary N) is 1. The number of anilines is 1. The second kappa shape index (κ2) is 5.74. The predicted molar refractivity (Wildman–Crippen MR) is 72.9 cm³/mol. The number of aromatic nitrogens is 1. The highest BCUT2D eigenvalue weighted by atomic mass is 79.9. The molecule has 0 aliphatic heterocycles. The van der Waals surface area contributed by atoms with Crippen LogP contribution in [0, 0.1) is 15.9 Å². The number of nitro benzene ring substituents is 1. The first-order valence-electron chi connectivity index (χ1n) is 5.34. The van der Waals surface area contributed by atoms with Crippen LogP contribution in [0.5, 0.6) is 0 Å². The zero-order valence-electron chi connectivity index (χ0n) is 9.84. The first-order valence-corrected chi connectivity index (χ1v) is 6.13. The second-order valence-corrected chi connectivity index (χ2v) is 4.56. The average molecular weight is 340 g/mol. The molecule has 0 aliphatic carbocycles. The summed E-state index contributed by atoms with van der Waals surface area (Å²) in [5.41, 5.74) is -0.289. The molecule has 0 aliphatic rings. The SMILES string of the molecule is O=C(Nc1ccc(F)c([N+](=O)[O-])c1)c1ccc(Br)nc1. The molecule has 0 radical (unpaired) electrons. The molecule has 0 atom stereocenters. The van der Waals surface area contributed by atoms with Crippen LogP contribution in [0.4, 0.5) is 15.8 Å². The van der Waals surface area contributed by atoms with Crippen molar-refractivity contribution >= 4 is 33.2 Å². The third-order valence-electron chi connectivity index (χ3n) is 2.39. The van der Waals surface area contributed by atoms with Gasteiger partial charge in [0.1, 0.15) is 4.60 Å². The Morgan fingerprint density at radius 3 is 2.70 bits per heavy atom. The van der Waals surface area contributed by atoms with E-state index in [9.17, 15) is 19.3 Å². The van der Waals surface area contributed by atoms with E-state index in [1.807, 2.05) is 0 Å². The number of carbonyl (C=O) groups excluding carboxylic acids is 1. The predicted octanol–water partition coefficient (Wildman–Crippen LogP) is 3.14. The average Bonchev–Trinajstić information content (AvgIpc) is 2.41. The first kappa shape index (κ1) is 14.1. The van der Waals surface area contributed by atoms with Crippen LogP contribution >= 0.6 is 15.9 Å². The summed E-state index contributed by atoms with van der Waals surface area (Å²) in [4.78, 5) is 25.5. The van der Waals surface area contributed by atoms with Crippen LogP contribution in [0.2, 0.25) is 0 Å². The van der Waals surface area contributed by atoms with Gasteiger partial charge in [-0.25, -0.2) is 4.98 Å². The summed E-state index contributed by atoms with van der Waals surface area (Å²) in [6.07, 6.45) is 1.34. The molecule has 1 aromatic heterocycles. The zero-order valence-corrected chi connectivity index (χ0v) is 11.4. The van der Waals surface area contributed by atoms with Crippen molar-refractivity contribution in [2.75, 3.05) is 5.32 Å². The van der Waals surface area contributed by atoms with Crippen LogP contribution < -0.4 is 5.32 Å².